The molecule has 200 valence electrons. The molecule has 0 aliphatic carbocycles. The van der Waals surface area contributed by atoms with Gasteiger partial charge in [-0.25, -0.2) is 4.79 Å². The molecule has 0 unspecified atom stereocenters. The van der Waals surface area contributed by atoms with Crippen LogP contribution in [0.15, 0.2) is 60.7 Å². The first-order chi connectivity index (χ1) is 17.2. The van der Waals surface area contributed by atoms with Crippen LogP contribution in [-0.2, 0) is 18.8 Å². The summed E-state index contributed by atoms with van der Waals surface area (Å²) in [4.78, 5) is 34.6. The van der Waals surface area contributed by atoms with Gasteiger partial charge in [-0.05, 0) is 47.5 Å². The van der Waals surface area contributed by atoms with Gasteiger partial charge in [-0.15, -0.1) is 0 Å². The minimum absolute atomic E-state index is 0.0000633. The number of esters is 1. The molecule has 37 heavy (non-hydrogen) atoms. The van der Waals surface area contributed by atoms with E-state index in [1.165, 1.54) is 30.3 Å². The summed E-state index contributed by atoms with van der Waals surface area (Å²) in [5.41, 5.74) is 1.10. The molecule has 2 aromatic rings. The Morgan fingerprint density at radius 1 is 1.08 bits per heavy atom. The zero-order valence-corrected chi connectivity index (χ0v) is 24.0. The predicted molar refractivity (Wildman–Crippen MR) is 148 cm³/mol. The van der Waals surface area contributed by atoms with E-state index in [0.29, 0.717) is 5.56 Å². The van der Waals surface area contributed by atoms with Gasteiger partial charge in [0.1, 0.15) is 6.10 Å². The molecule has 0 saturated carbocycles. The van der Waals surface area contributed by atoms with E-state index in [2.05, 4.69) is 26.1 Å². The summed E-state index contributed by atoms with van der Waals surface area (Å²) in [5, 5.41) is 13.7. The van der Waals surface area contributed by atoms with E-state index in [1.807, 2.05) is 43.4 Å². The monoisotopic (exact) mass is 566 g/mol. The lowest BCUT2D eigenvalue weighted by atomic mass is 10.0. The predicted octanol–water partition coefficient (Wildman–Crippen LogP) is 6.20. The minimum Gasteiger partial charge on any atom is -0.452 e. The number of hydrogen-bond acceptors (Lipinski definition) is 6. The Bertz CT molecular complexity index is 1100. The number of amides is 1. The number of halogens is 2. The summed E-state index contributed by atoms with van der Waals surface area (Å²) >= 11 is 11.6. The molecule has 0 fully saturated rings. The maximum Gasteiger partial charge on any atom is 0.331 e. The highest BCUT2D eigenvalue weighted by Gasteiger charge is 2.39. The second-order valence-electron chi connectivity index (χ2n) is 9.94. The summed E-state index contributed by atoms with van der Waals surface area (Å²) in [7, 11) is -2.28. The Balaban J connectivity index is 2.43. The van der Waals surface area contributed by atoms with Crippen molar-refractivity contribution in [1.29, 1.82) is 0 Å². The van der Waals surface area contributed by atoms with E-state index < -0.39 is 42.1 Å². The summed E-state index contributed by atoms with van der Waals surface area (Å²) in [6.07, 6.45) is 1.82. The molecule has 0 bridgehead atoms. The molecule has 0 spiro atoms. The van der Waals surface area contributed by atoms with Gasteiger partial charge in [-0.2, -0.15) is 0 Å². The molecule has 8 nitrogen and oxygen atoms in total. The molecule has 0 aliphatic rings. The van der Waals surface area contributed by atoms with Crippen LogP contribution in [0, 0.1) is 10.1 Å². The van der Waals surface area contributed by atoms with Gasteiger partial charge in [-0.3, -0.25) is 14.9 Å². The molecular weight excluding hydrogens is 535 g/mol. The van der Waals surface area contributed by atoms with Crippen molar-refractivity contribution in [2.75, 3.05) is 6.61 Å². The summed E-state index contributed by atoms with van der Waals surface area (Å²) in [6.45, 7) is 10.3. The Labute approximate surface area is 228 Å². The van der Waals surface area contributed by atoms with E-state index in [4.69, 9.17) is 32.4 Å². The van der Waals surface area contributed by atoms with Crippen LogP contribution in [0.3, 0.4) is 0 Å². The Morgan fingerprint density at radius 2 is 1.68 bits per heavy atom. The largest absolute Gasteiger partial charge is 0.452 e. The van der Waals surface area contributed by atoms with Gasteiger partial charge in [0, 0.05) is 18.2 Å². The fourth-order valence-corrected chi connectivity index (χ4v) is 4.18. The number of carbonyl (C=O) groups is 2. The van der Waals surface area contributed by atoms with Crippen LogP contribution < -0.4 is 5.32 Å². The molecule has 0 radical (unpaired) electrons. The highest BCUT2D eigenvalue weighted by molar-refractivity contribution is 6.74. The van der Waals surface area contributed by atoms with Crippen molar-refractivity contribution in [1.82, 2.24) is 5.32 Å². The molecule has 0 saturated heterocycles. The summed E-state index contributed by atoms with van der Waals surface area (Å²) in [5.74, 6) is -1.36. The maximum atomic E-state index is 12.8. The number of benzene rings is 2. The highest BCUT2D eigenvalue weighted by atomic mass is 35.5. The molecular formula is C26H32Cl2N2O6Si. The molecule has 2 rings (SSSR count). The van der Waals surface area contributed by atoms with E-state index in [9.17, 15) is 19.7 Å². The van der Waals surface area contributed by atoms with Crippen molar-refractivity contribution in [3.05, 3.63) is 81.9 Å². The normalized spacial score (nSPS) is 13.8. The first kappa shape index (κ1) is 30.5. The second kappa shape index (κ2) is 13.2. The fourth-order valence-electron chi connectivity index (χ4n) is 3.03. The van der Waals surface area contributed by atoms with Gasteiger partial charge in [-0.1, -0.05) is 74.3 Å². The highest BCUT2D eigenvalue weighted by Crippen LogP contribution is 2.37. The third kappa shape index (κ3) is 9.26. The number of nitro groups is 1. The third-order valence-electron chi connectivity index (χ3n) is 6.21. The quantitative estimate of drug-likeness (QED) is 0.0865. The maximum absolute atomic E-state index is 12.8. The SMILES string of the molecule is CC(C)(C)[Si](C)(C)OC[C@@H](NC(=O)C(Cl)Cl)[C@H](OC(=O)/C=C/c1ccccc1)c1ccc([N+](=O)[O-])cc1. The molecule has 2 atom stereocenters. The number of alkyl halides is 2. The van der Waals surface area contributed by atoms with Crippen LogP contribution in [0.4, 0.5) is 5.69 Å². The zero-order chi connectivity index (χ0) is 27.8. The first-order valence-corrected chi connectivity index (χ1v) is 15.4. The van der Waals surface area contributed by atoms with Crippen molar-refractivity contribution in [3.63, 3.8) is 0 Å². The Kier molecular flexibility index (Phi) is 10.9. The molecule has 0 aromatic heterocycles. The van der Waals surface area contributed by atoms with Gasteiger partial charge in [0.2, 0.25) is 0 Å². The topological polar surface area (TPSA) is 108 Å². The van der Waals surface area contributed by atoms with Crippen LogP contribution in [-0.4, -0.2) is 42.6 Å². The lowest BCUT2D eigenvalue weighted by Crippen LogP contribution is -2.50. The number of carbonyl (C=O) groups excluding carboxylic acids is 2. The van der Waals surface area contributed by atoms with Crippen molar-refractivity contribution in [3.8, 4) is 0 Å². The molecule has 11 heteroatoms. The van der Waals surface area contributed by atoms with Gasteiger partial charge in [0.15, 0.2) is 13.2 Å². The van der Waals surface area contributed by atoms with Crippen LogP contribution in [0.2, 0.25) is 18.1 Å². The smallest absolute Gasteiger partial charge is 0.331 e. The van der Waals surface area contributed by atoms with Crippen LogP contribution in [0.1, 0.15) is 38.0 Å². The number of rotatable bonds is 11. The average Bonchev–Trinajstić information content (AvgIpc) is 2.83. The van der Waals surface area contributed by atoms with Gasteiger partial charge in [0.25, 0.3) is 11.6 Å². The van der Waals surface area contributed by atoms with Crippen molar-refractivity contribution >= 4 is 55.2 Å². The minimum atomic E-state index is -2.28. The number of nitro benzene ring substituents is 1. The fraction of sp³-hybridized carbons (Fsp3) is 0.385. The standard InChI is InChI=1S/C26H32Cl2N2O6Si/c1-26(2,3)37(4,5)35-17-21(29-25(32)24(27)28)23(19-12-14-20(15-13-19)30(33)34)36-22(31)16-11-18-9-7-6-8-10-18/h6-16,21,23-24H,17H2,1-5H3,(H,29,32)/b16-11+/t21-,23-/m1/s1. The van der Waals surface area contributed by atoms with Crippen LogP contribution >= 0.6 is 23.2 Å². The van der Waals surface area contributed by atoms with E-state index in [0.717, 1.165) is 5.56 Å². The molecule has 0 heterocycles. The van der Waals surface area contributed by atoms with Gasteiger partial charge >= 0.3 is 5.97 Å². The number of nitrogens with zero attached hydrogens (tertiary/aromatic N) is 1. The van der Waals surface area contributed by atoms with Crippen molar-refractivity contribution in [2.45, 2.75) is 55.9 Å². The first-order valence-electron chi connectivity index (χ1n) is 11.6. The van der Waals surface area contributed by atoms with Crippen LogP contribution in [0.25, 0.3) is 6.08 Å². The van der Waals surface area contributed by atoms with E-state index in [-0.39, 0.29) is 17.3 Å². The lowest BCUT2D eigenvalue weighted by Gasteiger charge is -2.38. The number of ether oxygens (including phenoxy) is 1. The lowest BCUT2D eigenvalue weighted by molar-refractivity contribution is -0.384. The third-order valence-corrected chi connectivity index (χ3v) is 11.1. The number of non-ortho nitro benzene ring substituents is 1. The van der Waals surface area contributed by atoms with E-state index >= 15 is 0 Å². The molecule has 2 aromatic carbocycles. The number of nitrogens with one attached hydrogen (secondary N) is 1. The van der Waals surface area contributed by atoms with Crippen LogP contribution in [0.5, 0.6) is 0 Å². The average molecular weight is 568 g/mol. The van der Waals surface area contributed by atoms with Gasteiger partial charge < -0.3 is 14.5 Å². The van der Waals surface area contributed by atoms with Crippen molar-refractivity contribution < 1.29 is 23.7 Å². The summed E-state index contributed by atoms with van der Waals surface area (Å²) < 4.78 is 12.1. The Hall–Kier alpha value is -2.72. The molecule has 0 aliphatic heterocycles. The summed E-state index contributed by atoms with van der Waals surface area (Å²) in [6, 6.07) is 13.9. The molecule has 1 N–H and O–H groups in total. The second-order valence-corrected chi connectivity index (χ2v) is 15.8. The zero-order valence-electron chi connectivity index (χ0n) is 21.4. The number of hydrogen-bond donors (Lipinski definition) is 1. The molecule has 1 amide bonds. The van der Waals surface area contributed by atoms with Gasteiger partial charge in [0.05, 0.1) is 17.6 Å². The van der Waals surface area contributed by atoms with E-state index in [1.54, 1.807) is 6.08 Å². The Morgan fingerprint density at radius 3 is 2.19 bits per heavy atom. The van der Waals surface area contributed by atoms with Crippen molar-refractivity contribution in [2.24, 2.45) is 0 Å².